The van der Waals surface area contributed by atoms with Gasteiger partial charge in [-0.2, -0.15) is 0 Å². The number of anilines is 1. The molecule has 10 heteroatoms. The average Bonchev–Trinajstić information content (AvgIpc) is 3.07. The average molecular weight is 465 g/mol. The third-order valence-electron chi connectivity index (χ3n) is 4.96. The molecule has 0 unspecified atom stereocenters. The number of rotatable bonds is 6. The molecule has 1 heterocycles. The first-order valence-corrected chi connectivity index (χ1v) is 9.88. The van der Waals surface area contributed by atoms with Crippen molar-refractivity contribution in [1.82, 2.24) is 0 Å². The van der Waals surface area contributed by atoms with Gasteiger partial charge in [0.05, 0.1) is 21.7 Å². The molecule has 3 aromatic rings. The second-order valence-electron chi connectivity index (χ2n) is 6.93. The Balaban J connectivity index is 1.61. The Morgan fingerprint density at radius 2 is 1.64 bits per heavy atom. The lowest BCUT2D eigenvalue weighted by Crippen LogP contribution is -2.31. The molecule has 0 saturated carbocycles. The second kappa shape index (κ2) is 8.64. The van der Waals surface area contributed by atoms with E-state index in [0.29, 0.717) is 9.92 Å². The van der Waals surface area contributed by atoms with Crippen molar-refractivity contribution in [1.29, 1.82) is 0 Å². The van der Waals surface area contributed by atoms with Crippen LogP contribution in [-0.4, -0.2) is 35.1 Å². The van der Waals surface area contributed by atoms with Crippen molar-refractivity contribution >= 4 is 46.5 Å². The fourth-order valence-corrected chi connectivity index (χ4v) is 3.53. The number of nitrogens with zero attached hydrogens (tertiary/aromatic N) is 2. The van der Waals surface area contributed by atoms with Crippen molar-refractivity contribution in [2.75, 3.05) is 11.5 Å². The third kappa shape index (κ3) is 3.97. The second-order valence-corrected chi connectivity index (χ2v) is 7.36. The minimum absolute atomic E-state index is 0.109. The Labute approximate surface area is 191 Å². The van der Waals surface area contributed by atoms with Gasteiger partial charge < -0.3 is 4.74 Å². The van der Waals surface area contributed by atoms with Crippen LogP contribution in [0.25, 0.3) is 0 Å². The topological polar surface area (TPSA) is 124 Å². The number of imide groups is 1. The summed E-state index contributed by atoms with van der Waals surface area (Å²) in [6, 6.07) is 15.4. The normalized spacial score (nSPS) is 12.5. The largest absolute Gasteiger partial charge is 0.454 e. The molecule has 33 heavy (non-hydrogen) atoms. The molecule has 4 rings (SSSR count). The first kappa shape index (κ1) is 21.8. The summed E-state index contributed by atoms with van der Waals surface area (Å²) in [5, 5.41) is 11.8. The van der Waals surface area contributed by atoms with Gasteiger partial charge >= 0.3 is 5.97 Å². The number of fused-ring (bicyclic) bond motifs is 1. The summed E-state index contributed by atoms with van der Waals surface area (Å²) in [7, 11) is 0. The van der Waals surface area contributed by atoms with Crippen molar-refractivity contribution in [2.24, 2.45) is 0 Å². The lowest BCUT2D eigenvalue weighted by atomic mass is 10.1. The van der Waals surface area contributed by atoms with E-state index < -0.39 is 40.8 Å². The number of hydrogen-bond donors (Lipinski definition) is 0. The first-order chi connectivity index (χ1) is 15.8. The Hall–Kier alpha value is -4.37. The summed E-state index contributed by atoms with van der Waals surface area (Å²) in [5.41, 5.74) is -0.987. The molecule has 0 aromatic heterocycles. The maximum atomic E-state index is 13.0. The van der Waals surface area contributed by atoms with Crippen LogP contribution in [0.1, 0.15) is 41.4 Å². The number of benzene rings is 3. The van der Waals surface area contributed by atoms with Crippen LogP contribution in [0.5, 0.6) is 0 Å². The number of ether oxygens (including phenoxy) is 1. The number of halogens is 1. The molecule has 0 saturated heterocycles. The smallest absolute Gasteiger partial charge is 0.340 e. The number of ketones is 1. The Kier molecular flexibility index (Phi) is 5.72. The Bertz CT molecular complexity index is 1330. The van der Waals surface area contributed by atoms with Crippen LogP contribution in [0, 0.1) is 10.1 Å². The number of amides is 2. The number of Topliss-reactive ketones (excluding diaryl/α,β-unsaturated/α-hetero) is 1. The SMILES string of the molecule is O=C(COC(=O)c1ccccc1N1C(=O)c2cccc([N+](=O)[O-])c2C1=O)c1ccc(Cl)cc1. The highest BCUT2D eigenvalue weighted by Gasteiger charge is 2.43. The maximum absolute atomic E-state index is 13.0. The van der Waals surface area contributed by atoms with Gasteiger partial charge in [-0.1, -0.05) is 29.8 Å². The number of hydrogen-bond acceptors (Lipinski definition) is 7. The zero-order valence-corrected chi connectivity index (χ0v) is 17.4. The number of nitro benzene ring substituents is 1. The molecule has 164 valence electrons. The molecule has 0 aliphatic carbocycles. The fraction of sp³-hybridized carbons (Fsp3) is 0.0435. The van der Waals surface area contributed by atoms with Gasteiger partial charge in [-0.25, -0.2) is 9.69 Å². The fourth-order valence-electron chi connectivity index (χ4n) is 3.41. The molecule has 9 nitrogen and oxygen atoms in total. The van der Waals surface area contributed by atoms with Gasteiger partial charge in [-0.05, 0) is 42.5 Å². The van der Waals surface area contributed by atoms with Crippen LogP contribution in [-0.2, 0) is 4.74 Å². The summed E-state index contributed by atoms with van der Waals surface area (Å²) in [6.45, 7) is -0.581. The van der Waals surface area contributed by atoms with Crippen molar-refractivity contribution in [2.45, 2.75) is 0 Å². The van der Waals surface area contributed by atoms with Crippen molar-refractivity contribution in [3.8, 4) is 0 Å². The number of carbonyl (C=O) groups excluding carboxylic acids is 4. The summed E-state index contributed by atoms with van der Waals surface area (Å²) >= 11 is 5.79. The highest BCUT2D eigenvalue weighted by Crippen LogP contribution is 2.35. The quantitative estimate of drug-likeness (QED) is 0.177. The summed E-state index contributed by atoms with van der Waals surface area (Å²) in [5.74, 6) is -3.16. The maximum Gasteiger partial charge on any atom is 0.340 e. The monoisotopic (exact) mass is 464 g/mol. The van der Waals surface area contributed by atoms with Crippen LogP contribution in [0.2, 0.25) is 5.02 Å². The van der Waals surface area contributed by atoms with E-state index in [0.717, 1.165) is 6.07 Å². The van der Waals surface area contributed by atoms with Gasteiger partial charge in [0.15, 0.2) is 12.4 Å². The zero-order chi connectivity index (χ0) is 23.7. The predicted molar refractivity (Wildman–Crippen MR) is 117 cm³/mol. The van der Waals surface area contributed by atoms with Crippen LogP contribution < -0.4 is 4.90 Å². The minimum atomic E-state index is -0.945. The van der Waals surface area contributed by atoms with E-state index in [2.05, 4.69) is 0 Å². The van der Waals surface area contributed by atoms with Gasteiger partial charge in [0.2, 0.25) is 0 Å². The van der Waals surface area contributed by atoms with Gasteiger partial charge in [-0.3, -0.25) is 24.5 Å². The van der Waals surface area contributed by atoms with E-state index in [1.165, 1.54) is 60.7 Å². The molecule has 3 aromatic carbocycles. The summed E-state index contributed by atoms with van der Waals surface area (Å²) in [6.07, 6.45) is 0. The molecule has 0 atom stereocenters. The van der Waals surface area contributed by atoms with E-state index in [-0.39, 0.29) is 27.9 Å². The highest BCUT2D eigenvalue weighted by molar-refractivity contribution is 6.36. The summed E-state index contributed by atoms with van der Waals surface area (Å²) < 4.78 is 5.11. The summed E-state index contributed by atoms with van der Waals surface area (Å²) in [4.78, 5) is 62.1. The first-order valence-electron chi connectivity index (χ1n) is 9.50. The van der Waals surface area contributed by atoms with E-state index >= 15 is 0 Å². The minimum Gasteiger partial charge on any atom is -0.454 e. The third-order valence-corrected chi connectivity index (χ3v) is 5.21. The van der Waals surface area contributed by atoms with Crippen molar-refractivity contribution in [3.63, 3.8) is 0 Å². The number of carbonyl (C=O) groups is 4. The lowest BCUT2D eigenvalue weighted by molar-refractivity contribution is -0.385. The van der Waals surface area contributed by atoms with Crippen molar-refractivity contribution in [3.05, 3.63) is 104 Å². The van der Waals surface area contributed by atoms with Crippen molar-refractivity contribution < 1.29 is 28.8 Å². The van der Waals surface area contributed by atoms with Gasteiger partial charge in [-0.15, -0.1) is 0 Å². The molecule has 0 fully saturated rings. The standard InChI is InChI=1S/C23H13ClN2O7/c24-14-10-8-13(9-11-14)19(27)12-33-23(30)15-4-1-2-6-17(15)25-21(28)16-5-3-7-18(26(31)32)20(16)22(25)29/h1-11H,12H2. The van der Waals surface area contributed by atoms with E-state index in [4.69, 9.17) is 16.3 Å². The van der Waals surface area contributed by atoms with Gasteiger partial charge in [0.1, 0.15) is 5.56 Å². The zero-order valence-electron chi connectivity index (χ0n) is 16.7. The van der Waals surface area contributed by atoms with Crippen LogP contribution in [0.15, 0.2) is 66.7 Å². The Morgan fingerprint density at radius 1 is 0.939 bits per heavy atom. The van der Waals surface area contributed by atoms with Crippen LogP contribution in [0.4, 0.5) is 11.4 Å². The predicted octanol–water partition coefficient (Wildman–Crippen LogP) is 4.09. The number of para-hydroxylation sites is 1. The lowest BCUT2D eigenvalue weighted by Gasteiger charge is -2.17. The van der Waals surface area contributed by atoms with E-state index in [9.17, 15) is 29.3 Å². The highest BCUT2D eigenvalue weighted by atomic mass is 35.5. The molecule has 1 aliphatic rings. The molecule has 0 bridgehead atoms. The molecule has 1 aliphatic heterocycles. The van der Waals surface area contributed by atoms with Gasteiger partial charge in [0, 0.05) is 16.7 Å². The number of nitro groups is 1. The molecule has 0 N–H and O–H groups in total. The molecular weight excluding hydrogens is 452 g/mol. The van der Waals surface area contributed by atoms with Crippen LogP contribution in [0.3, 0.4) is 0 Å². The molecule has 0 radical (unpaired) electrons. The number of esters is 1. The van der Waals surface area contributed by atoms with Gasteiger partial charge in [0.25, 0.3) is 17.5 Å². The molecular formula is C23H13ClN2O7. The Morgan fingerprint density at radius 3 is 2.33 bits per heavy atom. The molecule has 0 spiro atoms. The van der Waals surface area contributed by atoms with E-state index in [1.54, 1.807) is 0 Å². The molecule has 2 amide bonds. The van der Waals surface area contributed by atoms with Crippen LogP contribution >= 0.6 is 11.6 Å². The van der Waals surface area contributed by atoms with E-state index in [1.807, 2.05) is 0 Å².